The van der Waals surface area contributed by atoms with E-state index >= 15 is 0 Å². The van der Waals surface area contributed by atoms with Gasteiger partial charge >= 0.3 is 0 Å². The Balaban J connectivity index is 1.88. The number of aromatic nitrogens is 1. The van der Waals surface area contributed by atoms with Crippen molar-refractivity contribution < 1.29 is 0 Å². The third-order valence-electron chi connectivity index (χ3n) is 4.58. The van der Waals surface area contributed by atoms with Gasteiger partial charge in [0.2, 0.25) is 0 Å². The van der Waals surface area contributed by atoms with Crippen LogP contribution in [-0.4, -0.2) is 17.6 Å². The fourth-order valence-electron chi connectivity index (χ4n) is 3.51. The van der Waals surface area contributed by atoms with Crippen LogP contribution in [0.4, 0.5) is 0 Å². The first-order valence-corrected chi connectivity index (χ1v) is 7.37. The Kier molecular flexibility index (Phi) is 3.52. The fourth-order valence-corrected chi connectivity index (χ4v) is 3.51. The molecule has 0 saturated heterocycles. The number of nitrogens with one attached hydrogen (secondary N) is 1. The lowest BCUT2D eigenvalue weighted by Crippen LogP contribution is -2.32. The molecule has 1 saturated carbocycles. The van der Waals surface area contributed by atoms with Crippen molar-refractivity contribution in [3.63, 3.8) is 0 Å². The molecule has 3 rings (SSSR count). The number of fused-ring (bicyclic) bond motifs is 1. The maximum absolute atomic E-state index is 4.40. The van der Waals surface area contributed by atoms with Gasteiger partial charge in [-0.3, -0.25) is 4.98 Å². The highest BCUT2D eigenvalue weighted by Crippen LogP contribution is 2.40. The molecule has 0 aliphatic heterocycles. The van der Waals surface area contributed by atoms with Crippen molar-refractivity contribution in [2.24, 2.45) is 5.92 Å². The van der Waals surface area contributed by atoms with Crippen molar-refractivity contribution in [3.05, 3.63) is 42.1 Å². The minimum Gasteiger partial charge on any atom is -0.314 e. The lowest BCUT2D eigenvalue weighted by molar-refractivity contribution is 0.412. The normalized spacial score (nSPS) is 26.9. The second-order valence-electron chi connectivity index (χ2n) is 5.66. The molecule has 3 unspecified atom stereocenters. The van der Waals surface area contributed by atoms with Gasteiger partial charge in [-0.2, -0.15) is 0 Å². The molecule has 1 fully saturated rings. The highest BCUT2D eigenvalue weighted by molar-refractivity contribution is 5.79. The summed E-state index contributed by atoms with van der Waals surface area (Å²) >= 11 is 0. The van der Waals surface area contributed by atoms with Crippen LogP contribution in [0.1, 0.15) is 38.2 Å². The van der Waals surface area contributed by atoms with E-state index in [0.29, 0.717) is 17.9 Å². The molecule has 2 aromatic rings. The van der Waals surface area contributed by atoms with Crippen LogP contribution < -0.4 is 5.32 Å². The van der Waals surface area contributed by atoms with Gasteiger partial charge in [-0.05, 0) is 55.0 Å². The van der Waals surface area contributed by atoms with Crippen molar-refractivity contribution in [2.45, 2.75) is 38.6 Å². The topological polar surface area (TPSA) is 24.9 Å². The molecule has 0 amide bonds. The zero-order valence-electron chi connectivity index (χ0n) is 11.8. The van der Waals surface area contributed by atoms with Crippen LogP contribution >= 0.6 is 0 Å². The molecular formula is C17H22N2. The highest BCUT2D eigenvalue weighted by Gasteiger charge is 2.32. The SMILES string of the molecule is CCNC1CCC(c2ccc3ncccc3c2)C1C. The number of pyridine rings is 1. The summed E-state index contributed by atoms with van der Waals surface area (Å²) in [6.45, 7) is 5.66. The zero-order chi connectivity index (χ0) is 13.2. The molecule has 2 heteroatoms. The summed E-state index contributed by atoms with van der Waals surface area (Å²) < 4.78 is 0. The third kappa shape index (κ3) is 2.37. The Morgan fingerprint density at radius 2 is 2.16 bits per heavy atom. The lowest BCUT2D eigenvalue weighted by Gasteiger charge is -2.22. The second kappa shape index (κ2) is 5.30. The van der Waals surface area contributed by atoms with Crippen molar-refractivity contribution in [1.82, 2.24) is 10.3 Å². The van der Waals surface area contributed by atoms with E-state index in [1.165, 1.54) is 23.8 Å². The first-order chi connectivity index (χ1) is 9.29. The van der Waals surface area contributed by atoms with Crippen LogP contribution in [0.5, 0.6) is 0 Å². The summed E-state index contributed by atoms with van der Waals surface area (Å²) in [6.07, 6.45) is 4.46. The number of benzene rings is 1. The first kappa shape index (κ1) is 12.6. The molecule has 0 radical (unpaired) electrons. The fraction of sp³-hybridized carbons (Fsp3) is 0.471. The zero-order valence-corrected chi connectivity index (χ0v) is 11.8. The van der Waals surface area contributed by atoms with Crippen LogP contribution in [-0.2, 0) is 0 Å². The molecule has 2 nitrogen and oxygen atoms in total. The Labute approximate surface area is 115 Å². The standard InChI is InChI=1S/C17H22N2/c1-3-18-16-9-7-15(12(16)2)13-6-8-17-14(11-13)5-4-10-19-17/h4-6,8,10-12,15-16,18H,3,7,9H2,1-2H3. The Hall–Kier alpha value is -1.41. The Morgan fingerprint density at radius 1 is 1.26 bits per heavy atom. The summed E-state index contributed by atoms with van der Waals surface area (Å²) in [5, 5.41) is 4.88. The molecule has 0 bridgehead atoms. The van der Waals surface area contributed by atoms with Crippen molar-refractivity contribution in [1.29, 1.82) is 0 Å². The van der Waals surface area contributed by atoms with E-state index in [1.54, 1.807) is 0 Å². The predicted molar refractivity (Wildman–Crippen MR) is 80.3 cm³/mol. The average Bonchev–Trinajstić information content (AvgIpc) is 2.80. The van der Waals surface area contributed by atoms with Crippen molar-refractivity contribution in [2.75, 3.05) is 6.54 Å². The predicted octanol–water partition coefficient (Wildman–Crippen LogP) is 3.73. The first-order valence-electron chi connectivity index (χ1n) is 7.37. The van der Waals surface area contributed by atoms with E-state index in [2.05, 4.69) is 48.4 Å². The number of hydrogen-bond acceptors (Lipinski definition) is 2. The quantitative estimate of drug-likeness (QED) is 0.903. The van der Waals surface area contributed by atoms with Gasteiger partial charge in [0.05, 0.1) is 5.52 Å². The molecule has 100 valence electrons. The van der Waals surface area contributed by atoms with Gasteiger partial charge in [0.25, 0.3) is 0 Å². The molecule has 1 aliphatic rings. The van der Waals surface area contributed by atoms with Crippen LogP contribution in [0.3, 0.4) is 0 Å². The van der Waals surface area contributed by atoms with E-state index in [0.717, 1.165) is 12.1 Å². The van der Waals surface area contributed by atoms with Gasteiger partial charge < -0.3 is 5.32 Å². The smallest absolute Gasteiger partial charge is 0.0702 e. The summed E-state index contributed by atoms with van der Waals surface area (Å²) in [4.78, 5) is 4.40. The van der Waals surface area contributed by atoms with Gasteiger partial charge in [0.15, 0.2) is 0 Å². The highest BCUT2D eigenvalue weighted by atomic mass is 14.9. The molecule has 1 N–H and O–H groups in total. The molecule has 1 aromatic heterocycles. The van der Waals surface area contributed by atoms with Gasteiger partial charge in [0.1, 0.15) is 0 Å². The molecular weight excluding hydrogens is 232 g/mol. The summed E-state index contributed by atoms with van der Waals surface area (Å²) in [5.41, 5.74) is 2.58. The molecule has 3 atom stereocenters. The van der Waals surface area contributed by atoms with Crippen LogP contribution in [0.15, 0.2) is 36.5 Å². The van der Waals surface area contributed by atoms with E-state index in [9.17, 15) is 0 Å². The van der Waals surface area contributed by atoms with E-state index in [4.69, 9.17) is 0 Å². The van der Waals surface area contributed by atoms with Crippen molar-refractivity contribution in [3.8, 4) is 0 Å². The maximum Gasteiger partial charge on any atom is 0.0702 e. The lowest BCUT2D eigenvalue weighted by atomic mass is 9.88. The van der Waals surface area contributed by atoms with Crippen LogP contribution in [0, 0.1) is 5.92 Å². The van der Waals surface area contributed by atoms with E-state index in [1.807, 2.05) is 12.3 Å². The van der Waals surface area contributed by atoms with E-state index < -0.39 is 0 Å². The molecule has 1 aromatic carbocycles. The summed E-state index contributed by atoms with van der Waals surface area (Å²) in [6, 6.07) is 11.6. The summed E-state index contributed by atoms with van der Waals surface area (Å²) in [7, 11) is 0. The largest absolute Gasteiger partial charge is 0.314 e. The minimum absolute atomic E-state index is 0.680. The summed E-state index contributed by atoms with van der Waals surface area (Å²) in [5.74, 6) is 1.41. The Morgan fingerprint density at radius 3 is 3.00 bits per heavy atom. The average molecular weight is 254 g/mol. The Bertz CT molecular complexity index is 564. The maximum atomic E-state index is 4.40. The second-order valence-corrected chi connectivity index (χ2v) is 5.66. The van der Waals surface area contributed by atoms with E-state index in [-0.39, 0.29) is 0 Å². The van der Waals surface area contributed by atoms with Crippen LogP contribution in [0.2, 0.25) is 0 Å². The monoisotopic (exact) mass is 254 g/mol. The van der Waals surface area contributed by atoms with Gasteiger partial charge in [-0.25, -0.2) is 0 Å². The third-order valence-corrected chi connectivity index (χ3v) is 4.58. The minimum atomic E-state index is 0.680. The van der Waals surface area contributed by atoms with Gasteiger partial charge in [-0.1, -0.05) is 26.0 Å². The molecule has 1 heterocycles. The van der Waals surface area contributed by atoms with Crippen molar-refractivity contribution >= 4 is 10.9 Å². The number of nitrogens with zero attached hydrogens (tertiary/aromatic N) is 1. The number of rotatable bonds is 3. The molecule has 0 spiro atoms. The number of hydrogen-bond donors (Lipinski definition) is 1. The molecule has 19 heavy (non-hydrogen) atoms. The van der Waals surface area contributed by atoms with Gasteiger partial charge in [0, 0.05) is 17.6 Å². The van der Waals surface area contributed by atoms with Gasteiger partial charge in [-0.15, -0.1) is 0 Å². The molecule has 1 aliphatic carbocycles. The van der Waals surface area contributed by atoms with Crippen LogP contribution in [0.25, 0.3) is 10.9 Å².